The molecule has 0 aliphatic carbocycles. The zero-order valence-electron chi connectivity index (χ0n) is 15.2. The number of rotatable bonds is 7. The highest BCUT2D eigenvalue weighted by molar-refractivity contribution is 5.98. The second-order valence-corrected chi connectivity index (χ2v) is 6.00. The minimum Gasteiger partial charge on any atom is -0.493 e. The molecule has 140 valence electrons. The average molecular weight is 364 g/mol. The number of benzene rings is 2. The molecule has 0 spiro atoms. The van der Waals surface area contributed by atoms with E-state index in [1.54, 1.807) is 12.1 Å². The van der Waals surface area contributed by atoms with Crippen molar-refractivity contribution in [2.24, 2.45) is 0 Å². The maximum Gasteiger partial charge on any atom is 0.258 e. The summed E-state index contributed by atoms with van der Waals surface area (Å²) in [7, 11) is 6.42. The summed E-state index contributed by atoms with van der Waals surface area (Å²) in [5.74, 6) is -1.38. The summed E-state index contributed by atoms with van der Waals surface area (Å²) in [6.07, 6.45) is 0. The van der Waals surface area contributed by atoms with Gasteiger partial charge in [0.15, 0.2) is 11.5 Å². The van der Waals surface area contributed by atoms with Gasteiger partial charge in [0.2, 0.25) is 0 Å². The van der Waals surface area contributed by atoms with Gasteiger partial charge in [-0.2, -0.15) is 0 Å². The number of halogens is 2. The predicted molar refractivity (Wildman–Crippen MR) is 94.5 cm³/mol. The molecule has 0 saturated heterocycles. The van der Waals surface area contributed by atoms with Crippen molar-refractivity contribution in [2.75, 3.05) is 28.3 Å². The highest BCUT2D eigenvalue weighted by atomic mass is 19.1. The predicted octanol–water partition coefficient (Wildman–Crippen LogP) is 2.97. The van der Waals surface area contributed by atoms with E-state index >= 15 is 0 Å². The van der Waals surface area contributed by atoms with Crippen molar-refractivity contribution < 1.29 is 23.0 Å². The van der Waals surface area contributed by atoms with Crippen LogP contribution >= 0.6 is 0 Å². The summed E-state index contributed by atoms with van der Waals surface area (Å²) < 4.78 is 38.2. The highest BCUT2D eigenvalue weighted by Gasteiger charge is 2.21. The molecule has 1 amide bonds. The lowest BCUT2D eigenvalue weighted by Gasteiger charge is -2.14. The molecule has 0 aromatic heterocycles. The van der Waals surface area contributed by atoms with Crippen LogP contribution in [0.4, 0.5) is 8.78 Å². The second kappa shape index (κ2) is 8.62. The van der Waals surface area contributed by atoms with Crippen LogP contribution in [0, 0.1) is 11.6 Å². The van der Waals surface area contributed by atoms with Crippen LogP contribution in [0.2, 0.25) is 0 Å². The highest BCUT2D eigenvalue weighted by Crippen LogP contribution is 2.32. The number of hydrogen-bond acceptors (Lipinski definition) is 4. The van der Waals surface area contributed by atoms with Crippen molar-refractivity contribution in [1.29, 1.82) is 0 Å². The Morgan fingerprint density at radius 2 is 1.77 bits per heavy atom. The smallest absolute Gasteiger partial charge is 0.258 e. The Morgan fingerprint density at radius 1 is 1.08 bits per heavy atom. The van der Waals surface area contributed by atoms with Gasteiger partial charge in [-0.3, -0.25) is 4.79 Å². The van der Waals surface area contributed by atoms with Gasteiger partial charge in [0.05, 0.1) is 14.2 Å². The van der Waals surface area contributed by atoms with E-state index in [0.29, 0.717) is 17.7 Å². The molecule has 26 heavy (non-hydrogen) atoms. The van der Waals surface area contributed by atoms with Crippen LogP contribution in [-0.4, -0.2) is 39.1 Å². The van der Waals surface area contributed by atoms with Crippen molar-refractivity contribution in [3.63, 3.8) is 0 Å². The van der Waals surface area contributed by atoms with Gasteiger partial charge in [-0.05, 0) is 43.9 Å². The molecule has 0 fully saturated rings. The van der Waals surface area contributed by atoms with Crippen molar-refractivity contribution in [3.05, 3.63) is 58.7 Å². The molecule has 2 rings (SSSR count). The maximum absolute atomic E-state index is 14.1. The van der Waals surface area contributed by atoms with Crippen LogP contribution in [0.1, 0.15) is 21.5 Å². The Hall–Kier alpha value is -2.67. The SMILES string of the molecule is COc1ccc(F)c(C(=O)NCc2ccc(F)c(CN(C)C)c2)c1OC. The standard InChI is InChI=1S/C19H22F2N2O3/c1-23(2)11-13-9-12(5-6-14(13)20)10-22-19(24)17-15(21)7-8-16(25-3)18(17)26-4/h5-9H,10-11H2,1-4H3,(H,22,24). The van der Waals surface area contributed by atoms with Gasteiger partial charge in [-0.1, -0.05) is 6.07 Å². The lowest BCUT2D eigenvalue weighted by Crippen LogP contribution is -2.25. The lowest BCUT2D eigenvalue weighted by atomic mass is 10.1. The third kappa shape index (κ3) is 4.49. The Bertz CT molecular complexity index is 795. The van der Waals surface area contributed by atoms with Crippen molar-refractivity contribution in [1.82, 2.24) is 10.2 Å². The van der Waals surface area contributed by atoms with Gasteiger partial charge < -0.3 is 19.7 Å². The van der Waals surface area contributed by atoms with E-state index in [1.807, 2.05) is 19.0 Å². The number of methoxy groups -OCH3 is 2. The molecule has 0 radical (unpaired) electrons. The summed E-state index contributed by atoms with van der Waals surface area (Å²) in [5.41, 5.74) is 0.994. The first kappa shape index (κ1) is 19.7. The number of ether oxygens (including phenoxy) is 2. The molecule has 0 aliphatic rings. The largest absolute Gasteiger partial charge is 0.493 e. The molecule has 1 N–H and O–H groups in total. The third-order valence-corrected chi connectivity index (χ3v) is 3.77. The molecule has 0 saturated carbocycles. The Labute approximate surface area is 151 Å². The molecule has 7 heteroatoms. The number of carbonyl (C=O) groups is 1. The van der Waals surface area contributed by atoms with Gasteiger partial charge in [-0.25, -0.2) is 8.78 Å². The Balaban J connectivity index is 2.19. The fourth-order valence-corrected chi connectivity index (χ4v) is 2.59. The van der Waals surface area contributed by atoms with E-state index in [9.17, 15) is 13.6 Å². The van der Waals surface area contributed by atoms with Crippen LogP contribution in [0.5, 0.6) is 11.5 Å². The summed E-state index contributed by atoms with van der Waals surface area (Å²) >= 11 is 0. The molecule has 2 aromatic rings. The molecule has 2 aromatic carbocycles. The van der Waals surface area contributed by atoms with Crippen molar-refractivity contribution in [2.45, 2.75) is 13.1 Å². The lowest BCUT2D eigenvalue weighted by molar-refractivity contribution is 0.0942. The molecular formula is C19H22F2N2O3. The molecule has 5 nitrogen and oxygen atoms in total. The normalized spacial score (nSPS) is 10.7. The molecule has 0 heterocycles. The van der Waals surface area contributed by atoms with E-state index in [-0.39, 0.29) is 29.4 Å². The summed E-state index contributed by atoms with van der Waals surface area (Å²) in [4.78, 5) is 14.3. The third-order valence-electron chi connectivity index (χ3n) is 3.77. The molecule has 0 unspecified atom stereocenters. The van der Waals surface area contributed by atoms with E-state index < -0.39 is 11.7 Å². The first-order valence-electron chi connectivity index (χ1n) is 7.98. The van der Waals surface area contributed by atoms with E-state index in [1.165, 1.54) is 26.4 Å². The minimum absolute atomic E-state index is 0.0254. The maximum atomic E-state index is 14.1. The van der Waals surface area contributed by atoms with Crippen LogP contribution in [-0.2, 0) is 13.1 Å². The van der Waals surface area contributed by atoms with Crippen molar-refractivity contribution in [3.8, 4) is 11.5 Å². The number of nitrogens with zero attached hydrogens (tertiary/aromatic N) is 1. The summed E-state index contributed by atoms with van der Waals surface area (Å²) in [6.45, 7) is 0.561. The van der Waals surface area contributed by atoms with E-state index in [2.05, 4.69) is 5.32 Å². The second-order valence-electron chi connectivity index (χ2n) is 6.00. The first-order chi connectivity index (χ1) is 12.4. The minimum atomic E-state index is -0.715. The van der Waals surface area contributed by atoms with Crippen LogP contribution in [0.15, 0.2) is 30.3 Å². The van der Waals surface area contributed by atoms with Gasteiger partial charge in [-0.15, -0.1) is 0 Å². The topological polar surface area (TPSA) is 50.8 Å². The monoisotopic (exact) mass is 364 g/mol. The fraction of sp³-hybridized carbons (Fsp3) is 0.316. The van der Waals surface area contributed by atoms with Gasteiger partial charge in [0, 0.05) is 18.7 Å². The summed E-state index contributed by atoms with van der Waals surface area (Å²) in [5, 5.41) is 2.63. The molecule has 0 bridgehead atoms. The van der Waals surface area contributed by atoms with E-state index in [0.717, 1.165) is 6.07 Å². The Kier molecular flexibility index (Phi) is 6.52. The first-order valence-corrected chi connectivity index (χ1v) is 7.98. The molecular weight excluding hydrogens is 342 g/mol. The number of nitrogens with one attached hydrogen (secondary N) is 1. The number of hydrogen-bond donors (Lipinski definition) is 1. The zero-order chi connectivity index (χ0) is 19.3. The van der Waals surface area contributed by atoms with E-state index in [4.69, 9.17) is 9.47 Å². The van der Waals surface area contributed by atoms with Gasteiger partial charge in [0.1, 0.15) is 17.2 Å². The van der Waals surface area contributed by atoms with Gasteiger partial charge in [0.25, 0.3) is 5.91 Å². The molecule has 0 aliphatic heterocycles. The summed E-state index contributed by atoms with van der Waals surface area (Å²) in [6, 6.07) is 7.14. The fourth-order valence-electron chi connectivity index (χ4n) is 2.59. The number of carbonyl (C=O) groups excluding carboxylic acids is 1. The van der Waals surface area contributed by atoms with Crippen LogP contribution in [0.25, 0.3) is 0 Å². The average Bonchev–Trinajstić information content (AvgIpc) is 2.61. The molecule has 0 atom stereocenters. The zero-order valence-corrected chi connectivity index (χ0v) is 15.2. The van der Waals surface area contributed by atoms with Crippen LogP contribution < -0.4 is 14.8 Å². The number of amides is 1. The van der Waals surface area contributed by atoms with Crippen LogP contribution in [0.3, 0.4) is 0 Å². The quantitative estimate of drug-likeness (QED) is 0.821. The van der Waals surface area contributed by atoms with Gasteiger partial charge >= 0.3 is 0 Å². The van der Waals surface area contributed by atoms with Crippen molar-refractivity contribution >= 4 is 5.91 Å². The Morgan fingerprint density at radius 3 is 2.38 bits per heavy atom.